The maximum atomic E-state index is 13.0. The number of nitrogens with zero attached hydrogens (tertiary/aromatic N) is 1. The van der Waals surface area contributed by atoms with Crippen molar-refractivity contribution in [3.63, 3.8) is 0 Å². The number of ether oxygens (including phenoxy) is 1. The van der Waals surface area contributed by atoms with E-state index in [0.717, 1.165) is 0 Å². The largest absolute Gasteiger partial charge is 0.497 e. The average Bonchev–Trinajstić information content (AvgIpc) is 2.72. The van der Waals surface area contributed by atoms with E-state index < -0.39 is 17.6 Å². The molecule has 8 heteroatoms. The fourth-order valence-electron chi connectivity index (χ4n) is 2.59. The first-order valence-electron chi connectivity index (χ1n) is 9.18. The third-order valence-electron chi connectivity index (χ3n) is 4.03. The molecular weight excluding hydrogens is 377 g/mol. The molecule has 0 aromatic heterocycles. The Hall–Kier alpha value is -3.42. The lowest BCUT2D eigenvalue weighted by Gasteiger charge is -2.21. The monoisotopic (exact) mass is 401 g/mol. The van der Waals surface area contributed by atoms with Gasteiger partial charge in [0.2, 0.25) is 11.8 Å². The normalized spacial score (nSPS) is 10.2. The predicted molar refractivity (Wildman–Crippen MR) is 107 cm³/mol. The van der Waals surface area contributed by atoms with E-state index in [2.05, 4.69) is 10.6 Å². The number of methoxy groups -OCH3 is 1. The molecule has 0 saturated carbocycles. The molecule has 0 spiro atoms. The number of carbonyl (C=O) groups is 3. The van der Waals surface area contributed by atoms with E-state index in [4.69, 9.17) is 4.74 Å². The van der Waals surface area contributed by atoms with Gasteiger partial charge in [0.1, 0.15) is 11.6 Å². The fourth-order valence-corrected chi connectivity index (χ4v) is 2.59. The van der Waals surface area contributed by atoms with Gasteiger partial charge in [-0.2, -0.15) is 0 Å². The van der Waals surface area contributed by atoms with Crippen LogP contribution < -0.4 is 15.4 Å². The van der Waals surface area contributed by atoms with Crippen LogP contribution in [0.4, 0.5) is 10.1 Å². The van der Waals surface area contributed by atoms with Crippen LogP contribution in [0, 0.1) is 5.82 Å². The van der Waals surface area contributed by atoms with Crippen LogP contribution >= 0.6 is 0 Å². The molecule has 0 unspecified atom stereocenters. The van der Waals surface area contributed by atoms with E-state index in [9.17, 15) is 18.8 Å². The Morgan fingerprint density at radius 3 is 2.24 bits per heavy atom. The number of benzene rings is 2. The Morgan fingerprint density at radius 1 is 1.00 bits per heavy atom. The molecule has 154 valence electrons. The smallest absolute Gasteiger partial charge is 0.254 e. The number of hydrogen-bond donors (Lipinski definition) is 2. The van der Waals surface area contributed by atoms with Gasteiger partial charge in [-0.25, -0.2) is 4.39 Å². The Kier molecular flexibility index (Phi) is 8.14. The average molecular weight is 401 g/mol. The Morgan fingerprint density at radius 2 is 1.66 bits per heavy atom. The molecule has 0 aliphatic heterocycles. The number of anilines is 1. The third kappa shape index (κ3) is 6.91. The van der Waals surface area contributed by atoms with Crippen molar-refractivity contribution < 1.29 is 23.5 Å². The Balaban J connectivity index is 1.86. The van der Waals surface area contributed by atoms with Crippen LogP contribution in [-0.2, 0) is 9.59 Å². The van der Waals surface area contributed by atoms with E-state index >= 15 is 0 Å². The third-order valence-corrected chi connectivity index (χ3v) is 4.03. The van der Waals surface area contributed by atoms with Crippen molar-refractivity contribution in [2.45, 2.75) is 13.3 Å². The molecule has 0 bridgehead atoms. The van der Waals surface area contributed by atoms with Crippen molar-refractivity contribution in [3.8, 4) is 5.75 Å². The van der Waals surface area contributed by atoms with Gasteiger partial charge in [0.05, 0.1) is 20.2 Å². The second-order valence-corrected chi connectivity index (χ2v) is 6.29. The summed E-state index contributed by atoms with van der Waals surface area (Å²) in [7, 11) is 1.55. The zero-order chi connectivity index (χ0) is 21.2. The lowest BCUT2D eigenvalue weighted by Crippen LogP contribution is -2.43. The van der Waals surface area contributed by atoms with Crippen molar-refractivity contribution in [3.05, 3.63) is 59.9 Å². The summed E-state index contributed by atoms with van der Waals surface area (Å²) in [5, 5.41) is 5.16. The van der Waals surface area contributed by atoms with Crippen LogP contribution in [0.3, 0.4) is 0 Å². The van der Waals surface area contributed by atoms with Crippen molar-refractivity contribution >= 4 is 23.4 Å². The molecule has 2 aromatic rings. The summed E-state index contributed by atoms with van der Waals surface area (Å²) in [5.74, 6) is -0.999. The summed E-state index contributed by atoms with van der Waals surface area (Å²) in [5.41, 5.74) is 0.869. The predicted octanol–water partition coefficient (Wildman–Crippen LogP) is 2.44. The van der Waals surface area contributed by atoms with E-state index in [-0.39, 0.29) is 19.0 Å². The lowest BCUT2D eigenvalue weighted by molar-refractivity contribution is -0.124. The fraction of sp³-hybridized carbons (Fsp3) is 0.286. The molecule has 0 radical (unpaired) electrons. The number of amides is 3. The Labute approximate surface area is 168 Å². The first kappa shape index (κ1) is 21.9. The topological polar surface area (TPSA) is 87.7 Å². The summed E-state index contributed by atoms with van der Waals surface area (Å²) >= 11 is 0. The molecule has 0 aliphatic carbocycles. The zero-order valence-corrected chi connectivity index (χ0v) is 16.4. The van der Waals surface area contributed by atoms with Crippen LogP contribution in [0.25, 0.3) is 0 Å². The first-order valence-corrected chi connectivity index (χ1v) is 9.18. The highest BCUT2D eigenvalue weighted by Gasteiger charge is 2.18. The summed E-state index contributed by atoms with van der Waals surface area (Å²) in [6.45, 7) is 1.82. The second-order valence-electron chi connectivity index (χ2n) is 6.29. The van der Waals surface area contributed by atoms with Crippen LogP contribution in [0.5, 0.6) is 5.75 Å². The maximum absolute atomic E-state index is 13.0. The maximum Gasteiger partial charge on any atom is 0.254 e. The van der Waals surface area contributed by atoms with Gasteiger partial charge in [0.25, 0.3) is 5.91 Å². The van der Waals surface area contributed by atoms with Crippen molar-refractivity contribution in [2.24, 2.45) is 0 Å². The number of rotatable bonds is 9. The first-order chi connectivity index (χ1) is 13.9. The zero-order valence-electron chi connectivity index (χ0n) is 16.4. The number of halogens is 1. The molecule has 2 aromatic carbocycles. The Bertz CT molecular complexity index is 838. The van der Waals surface area contributed by atoms with Crippen LogP contribution in [0.15, 0.2) is 48.5 Å². The SMILES string of the molecule is CCCN(CC(=O)NCC(=O)Nc1ccc(OC)cc1)C(=O)c1ccc(F)cc1. The molecule has 0 fully saturated rings. The minimum atomic E-state index is -0.459. The summed E-state index contributed by atoms with van der Waals surface area (Å²) in [4.78, 5) is 38.1. The van der Waals surface area contributed by atoms with Gasteiger partial charge in [0, 0.05) is 17.8 Å². The standard InChI is InChI=1S/C21H24FN3O4/c1-3-12-25(21(28)15-4-6-16(22)7-5-15)14-20(27)23-13-19(26)24-17-8-10-18(29-2)11-9-17/h4-11H,3,12-14H2,1-2H3,(H,23,27)(H,24,26). The molecule has 2 N–H and O–H groups in total. The van der Waals surface area contributed by atoms with Gasteiger partial charge in [-0.3, -0.25) is 14.4 Å². The van der Waals surface area contributed by atoms with E-state index in [1.165, 1.54) is 29.2 Å². The quantitative estimate of drug-likeness (QED) is 0.676. The second kappa shape index (κ2) is 10.8. The van der Waals surface area contributed by atoms with Gasteiger partial charge in [-0.05, 0) is 55.0 Å². The van der Waals surface area contributed by atoms with Crippen LogP contribution in [0.2, 0.25) is 0 Å². The highest BCUT2D eigenvalue weighted by atomic mass is 19.1. The number of nitrogens with one attached hydrogen (secondary N) is 2. The van der Waals surface area contributed by atoms with Gasteiger partial charge in [-0.15, -0.1) is 0 Å². The molecule has 7 nitrogen and oxygen atoms in total. The van der Waals surface area contributed by atoms with E-state index in [1.54, 1.807) is 31.4 Å². The van der Waals surface area contributed by atoms with E-state index in [1.807, 2.05) is 6.92 Å². The number of hydrogen-bond acceptors (Lipinski definition) is 4. The summed E-state index contributed by atoms with van der Waals surface area (Å²) < 4.78 is 18.1. The van der Waals surface area contributed by atoms with Gasteiger partial charge < -0.3 is 20.3 Å². The van der Waals surface area contributed by atoms with E-state index in [0.29, 0.717) is 30.0 Å². The highest BCUT2D eigenvalue weighted by molar-refractivity contribution is 5.98. The van der Waals surface area contributed by atoms with Crippen molar-refractivity contribution in [1.82, 2.24) is 10.2 Å². The van der Waals surface area contributed by atoms with Crippen LogP contribution in [0.1, 0.15) is 23.7 Å². The lowest BCUT2D eigenvalue weighted by atomic mass is 10.2. The molecule has 29 heavy (non-hydrogen) atoms. The van der Waals surface area contributed by atoms with Gasteiger partial charge in [-0.1, -0.05) is 6.92 Å². The highest BCUT2D eigenvalue weighted by Crippen LogP contribution is 2.14. The summed E-state index contributed by atoms with van der Waals surface area (Å²) in [6, 6.07) is 11.9. The van der Waals surface area contributed by atoms with Gasteiger partial charge >= 0.3 is 0 Å². The summed E-state index contributed by atoms with van der Waals surface area (Å²) in [6.07, 6.45) is 0.651. The van der Waals surface area contributed by atoms with Gasteiger partial charge in [0.15, 0.2) is 0 Å². The molecule has 0 heterocycles. The minimum absolute atomic E-state index is 0.195. The number of carbonyl (C=O) groups excluding carboxylic acids is 3. The molecule has 3 amide bonds. The van der Waals surface area contributed by atoms with Crippen LogP contribution in [-0.4, -0.2) is 49.4 Å². The van der Waals surface area contributed by atoms with Crippen molar-refractivity contribution in [2.75, 3.05) is 32.1 Å². The van der Waals surface area contributed by atoms with Crippen molar-refractivity contribution in [1.29, 1.82) is 0 Å². The molecule has 2 rings (SSSR count). The molecule has 0 aliphatic rings. The minimum Gasteiger partial charge on any atom is -0.497 e. The molecule has 0 atom stereocenters. The molecule has 0 saturated heterocycles. The molecular formula is C21H24FN3O4.